The Hall–Kier alpha value is -3.71. The third kappa shape index (κ3) is 5.89. The Balaban J connectivity index is 1.64. The minimum Gasteiger partial charge on any atom is -0.482 e. The van der Waals surface area contributed by atoms with Gasteiger partial charge in [-0.15, -0.1) is 0 Å². The van der Waals surface area contributed by atoms with Gasteiger partial charge in [-0.25, -0.2) is 0 Å². The molecule has 0 saturated carbocycles. The van der Waals surface area contributed by atoms with E-state index in [-0.39, 0.29) is 18.4 Å². The lowest BCUT2D eigenvalue weighted by atomic mass is 10.1. The molecule has 0 aliphatic carbocycles. The molecule has 2 N–H and O–H groups in total. The van der Waals surface area contributed by atoms with Crippen LogP contribution in [-0.4, -0.2) is 42.4 Å². The molecular weight excluding hydrogens is 380 g/mol. The van der Waals surface area contributed by atoms with Crippen LogP contribution < -0.4 is 15.4 Å². The van der Waals surface area contributed by atoms with Crippen molar-refractivity contribution in [2.75, 3.05) is 31.3 Å². The minimum absolute atomic E-state index is 0.194. The zero-order valence-electron chi connectivity index (χ0n) is 17.0. The zero-order chi connectivity index (χ0) is 21.3. The minimum atomic E-state index is -0.366. The van der Waals surface area contributed by atoms with Gasteiger partial charge in [-0.2, -0.15) is 0 Å². The lowest BCUT2D eigenvalue weighted by molar-refractivity contribution is -0.118. The van der Waals surface area contributed by atoms with Crippen LogP contribution in [0.25, 0.3) is 0 Å². The van der Waals surface area contributed by atoms with E-state index in [1.165, 1.54) is 0 Å². The molecule has 3 rings (SSSR count). The fourth-order valence-electron chi connectivity index (χ4n) is 2.81. The van der Waals surface area contributed by atoms with E-state index in [1.807, 2.05) is 37.2 Å². The van der Waals surface area contributed by atoms with Crippen LogP contribution in [0.2, 0.25) is 0 Å². The Bertz CT molecular complexity index is 1010. The maximum absolute atomic E-state index is 12.6. The van der Waals surface area contributed by atoms with Gasteiger partial charge in [0.1, 0.15) is 5.75 Å². The molecule has 0 aliphatic rings. The highest BCUT2D eigenvalue weighted by Gasteiger charge is 2.14. The molecule has 3 aromatic rings. The van der Waals surface area contributed by atoms with Gasteiger partial charge in [0.2, 0.25) is 0 Å². The number of nitrogens with zero attached hydrogens (tertiary/aromatic N) is 2. The molecule has 0 aliphatic heterocycles. The van der Waals surface area contributed by atoms with Gasteiger partial charge in [0, 0.05) is 18.4 Å². The van der Waals surface area contributed by atoms with Crippen molar-refractivity contribution in [1.82, 2.24) is 9.88 Å². The molecule has 154 valence electrons. The molecule has 0 unspecified atom stereocenters. The molecule has 0 fully saturated rings. The SMILES string of the molecule is CN(C)Cc1ncccc1OCC(=O)Nc1ccccc1C(=O)Nc1ccccc1. The number of carbonyl (C=O) groups is 2. The number of hydrogen-bond acceptors (Lipinski definition) is 5. The number of pyridine rings is 1. The van der Waals surface area contributed by atoms with Crippen molar-refractivity contribution < 1.29 is 14.3 Å². The predicted octanol–water partition coefficient (Wildman–Crippen LogP) is 3.41. The van der Waals surface area contributed by atoms with E-state index in [0.29, 0.717) is 29.2 Å². The average Bonchev–Trinajstić information content (AvgIpc) is 2.74. The van der Waals surface area contributed by atoms with Crippen molar-refractivity contribution in [3.8, 4) is 5.75 Å². The third-order valence-electron chi connectivity index (χ3n) is 4.15. The van der Waals surface area contributed by atoms with Gasteiger partial charge >= 0.3 is 0 Å². The molecule has 7 nitrogen and oxygen atoms in total. The number of para-hydroxylation sites is 2. The number of aromatic nitrogens is 1. The van der Waals surface area contributed by atoms with Crippen LogP contribution in [0.5, 0.6) is 5.75 Å². The van der Waals surface area contributed by atoms with Crippen LogP contribution in [0.15, 0.2) is 72.9 Å². The van der Waals surface area contributed by atoms with Gasteiger partial charge in [0.25, 0.3) is 11.8 Å². The summed E-state index contributed by atoms with van der Waals surface area (Å²) < 4.78 is 5.67. The van der Waals surface area contributed by atoms with Crippen LogP contribution in [0.3, 0.4) is 0 Å². The van der Waals surface area contributed by atoms with Gasteiger partial charge in [-0.1, -0.05) is 30.3 Å². The molecule has 30 heavy (non-hydrogen) atoms. The molecule has 0 atom stereocenters. The molecule has 1 aromatic heterocycles. The van der Waals surface area contributed by atoms with Crippen molar-refractivity contribution in [3.05, 3.63) is 84.2 Å². The van der Waals surface area contributed by atoms with E-state index in [2.05, 4.69) is 15.6 Å². The smallest absolute Gasteiger partial charge is 0.262 e. The first-order valence-electron chi connectivity index (χ1n) is 9.49. The first kappa shape index (κ1) is 21.0. The van der Waals surface area contributed by atoms with E-state index in [0.717, 1.165) is 5.69 Å². The summed E-state index contributed by atoms with van der Waals surface area (Å²) in [6.45, 7) is 0.404. The number of nitrogens with one attached hydrogen (secondary N) is 2. The van der Waals surface area contributed by atoms with Gasteiger partial charge in [0.05, 0.1) is 16.9 Å². The zero-order valence-corrected chi connectivity index (χ0v) is 17.0. The van der Waals surface area contributed by atoms with Crippen LogP contribution in [0.1, 0.15) is 16.1 Å². The Morgan fingerprint density at radius 3 is 2.43 bits per heavy atom. The van der Waals surface area contributed by atoms with Crippen molar-refractivity contribution >= 4 is 23.2 Å². The molecular formula is C23H24N4O3. The molecule has 1 heterocycles. The van der Waals surface area contributed by atoms with Crippen molar-refractivity contribution in [2.45, 2.75) is 6.54 Å². The summed E-state index contributed by atoms with van der Waals surface area (Å²) in [4.78, 5) is 31.4. The van der Waals surface area contributed by atoms with E-state index in [4.69, 9.17) is 4.74 Å². The average molecular weight is 404 g/mol. The number of carbonyl (C=O) groups excluding carboxylic acids is 2. The Morgan fingerprint density at radius 2 is 1.67 bits per heavy atom. The molecule has 0 bridgehead atoms. The lowest BCUT2D eigenvalue weighted by Crippen LogP contribution is -2.23. The third-order valence-corrected chi connectivity index (χ3v) is 4.15. The topological polar surface area (TPSA) is 83.6 Å². The number of ether oxygens (including phenoxy) is 1. The van der Waals surface area contributed by atoms with Crippen LogP contribution in [0.4, 0.5) is 11.4 Å². The number of hydrogen-bond donors (Lipinski definition) is 2. The first-order chi connectivity index (χ1) is 14.5. The summed E-state index contributed by atoms with van der Waals surface area (Å²) in [7, 11) is 3.87. The first-order valence-corrected chi connectivity index (χ1v) is 9.49. The van der Waals surface area contributed by atoms with Gasteiger partial charge in [-0.3, -0.25) is 14.6 Å². The van der Waals surface area contributed by atoms with Crippen LogP contribution in [-0.2, 0) is 11.3 Å². The van der Waals surface area contributed by atoms with Gasteiger partial charge in [0.15, 0.2) is 6.61 Å². The number of amides is 2. The number of benzene rings is 2. The monoisotopic (exact) mass is 404 g/mol. The summed E-state index contributed by atoms with van der Waals surface area (Å²) in [5, 5.41) is 5.57. The van der Waals surface area contributed by atoms with Crippen LogP contribution >= 0.6 is 0 Å². The predicted molar refractivity (Wildman–Crippen MR) is 117 cm³/mol. The largest absolute Gasteiger partial charge is 0.482 e. The maximum atomic E-state index is 12.6. The van der Waals surface area contributed by atoms with E-state index in [9.17, 15) is 9.59 Å². The second-order valence-electron chi connectivity index (χ2n) is 6.89. The molecule has 0 spiro atoms. The second kappa shape index (κ2) is 10.2. The molecule has 0 radical (unpaired) electrons. The lowest BCUT2D eigenvalue weighted by Gasteiger charge is -2.14. The van der Waals surface area contributed by atoms with Crippen molar-refractivity contribution in [3.63, 3.8) is 0 Å². The Kier molecular flexibility index (Phi) is 7.13. The highest BCUT2D eigenvalue weighted by atomic mass is 16.5. The highest BCUT2D eigenvalue weighted by molar-refractivity contribution is 6.10. The standard InChI is InChI=1S/C23H24N4O3/c1-27(2)15-20-21(13-8-14-24-20)30-16-22(28)26-19-12-7-6-11-18(19)23(29)25-17-9-4-3-5-10-17/h3-14H,15-16H2,1-2H3,(H,25,29)(H,26,28). The number of rotatable bonds is 8. The quantitative estimate of drug-likeness (QED) is 0.601. The van der Waals surface area contributed by atoms with E-state index < -0.39 is 0 Å². The number of anilines is 2. The molecule has 2 aromatic carbocycles. The van der Waals surface area contributed by atoms with Crippen molar-refractivity contribution in [1.29, 1.82) is 0 Å². The van der Waals surface area contributed by atoms with Gasteiger partial charge in [-0.05, 0) is 50.5 Å². The Morgan fingerprint density at radius 1 is 0.933 bits per heavy atom. The molecule has 0 saturated heterocycles. The molecule has 2 amide bonds. The van der Waals surface area contributed by atoms with Crippen LogP contribution in [0, 0.1) is 0 Å². The van der Waals surface area contributed by atoms with E-state index in [1.54, 1.807) is 54.7 Å². The van der Waals surface area contributed by atoms with E-state index >= 15 is 0 Å². The van der Waals surface area contributed by atoms with Gasteiger partial charge < -0.3 is 20.3 Å². The summed E-state index contributed by atoms with van der Waals surface area (Å²) in [6, 6.07) is 19.5. The summed E-state index contributed by atoms with van der Waals surface area (Å²) in [5.41, 5.74) is 2.21. The van der Waals surface area contributed by atoms with Crippen molar-refractivity contribution in [2.24, 2.45) is 0 Å². The summed E-state index contributed by atoms with van der Waals surface area (Å²) >= 11 is 0. The highest BCUT2D eigenvalue weighted by Crippen LogP contribution is 2.19. The fraction of sp³-hybridized carbons (Fsp3) is 0.174. The fourth-order valence-corrected chi connectivity index (χ4v) is 2.81. The second-order valence-corrected chi connectivity index (χ2v) is 6.89. The summed E-state index contributed by atoms with van der Waals surface area (Å²) in [5.74, 6) is -0.121. The maximum Gasteiger partial charge on any atom is 0.262 e. The molecule has 7 heteroatoms. The Labute approximate surface area is 175 Å². The summed E-state index contributed by atoms with van der Waals surface area (Å²) in [6.07, 6.45) is 1.69. The normalized spacial score (nSPS) is 10.5.